The molecular formula is C34H37N5O2. The standard InChI is InChI=1S/C34H37N5O2/c1-41-34(40)30-14-8-15-31-32(30)29(24-37-19-16-35-26-37)25-39(31)18-9-17-36-20-22-38(23-21-36)33(27-10-4-2-5-11-27)28-12-6-3-7-13-28/h2-8,10-16,19,25-26,33H,9,17-18,20-24H2,1H3. The monoisotopic (exact) mass is 547 g/mol. The molecule has 1 saturated heterocycles. The van der Waals surface area contributed by atoms with E-state index in [2.05, 4.69) is 92.3 Å². The van der Waals surface area contributed by atoms with Crippen LogP contribution < -0.4 is 0 Å². The van der Waals surface area contributed by atoms with E-state index in [0.717, 1.165) is 62.2 Å². The lowest BCUT2D eigenvalue weighted by atomic mass is 9.96. The topological polar surface area (TPSA) is 55.5 Å². The van der Waals surface area contributed by atoms with Gasteiger partial charge in [-0.15, -0.1) is 0 Å². The smallest absolute Gasteiger partial charge is 0.338 e. The van der Waals surface area contributed by atoms with Crippen LogP contribution in [0.5, 0.6) is 0 Å². The number of aromatic nitrogens is 3. The number of carbonyl (C=O) groups is 1. The van der Waals surface area contributed by atoms with Gasteiger partial charge in [0, 0.05) is 62.2 Å². The van der Waals surface area contributed by atoms with Crippen molar-refractivity contribution >= 4 is 16.9 Å². The Kier molecular flexibility index (Phi) is 8.26. The Balaban J connectivity index is 1.12. The summed E-state index contributed by atoms with van der Waals surface area (Å²) in [4.78, 5) is 22.0. The number of methoxy groups -OCH3 is 1. The summed E-state index contributed by atoms with van der Waals surface area (Å²) in [6.07, 6.45) is 8.77. The fraction of sp³-hybridized carbons (Fsp3) is 0.294. The van der Waals surface area contributed by atoms with Gasteiger partial charge < -0.3 is 18.8 Å². The van der Waals surface area contributed by atoms with Crippen LogP contribution in [0.15, 0.2) is 104 Å². The summed E-state index contributed by atoms with van der Waals surface area (Å²) in [6, 6.07) is 27.9. The summed E-state index contributed by atoms with van der Waals surface area (Å²) in [5, 5.41) is 0.967. The molecule has 1 fully saturated rings. The number of piperazine rings is 1. The number of nitrogens with zero attached hydrogens (tertiary/aromatic N) is 5. The third-order valence-electron chi connectivity index (χ3n) is 8.18. The quantitative estimate of drug-likeness (QED) is 0.217. The lowest BCUT2D eigenvalue weighted by molar-refractivity contribution is 0.0603. The van der Waals surface area contributed by atoms with E-state index in [-0.39, 0.29) is 12.0 Å². The molecule has 7 heteroatoms. The van der Waals surface area contributed by atoms with Crippen molar-refractivity contribution < 1.29 is 9.53 Å². The minimum atomic E-state index is -0.303. The van der Waals surface area contributed by atoms with E-state index in [0.29, 0.717) is 12.1 Å². The molecule has 0 N–H and O–H groups in total. The molecular weight excluding hydrogens is 510 g/mol. The van der Waals surface area contributed by atoms with Gasteiger partial charge in [-0.25, -0.2) is 9.78 Å². The van der Waals surface area contributed by atoms with Crippen LogP contribution in [0.4, 0.5) is 0 Å². The average Bonchev–Trinajstić information content (AvgIpc) is 3.67. The Morgan fingerprint density at radius 2 is 1.59 bits per heavy atom. The van der Waals surface area contributed by atoms with Crippen molar-refractivity contribution in [2.24, 2.45) is 0 Å². The van der Waals surface area contributed by atoms with Crippen LogP contribution in [0.1, 0.15) is 39.5 Å². The molecule has 0 aliphatic carbocycles. The van der Waals surface area contributed by atoms with Crippen LogP contribution in [-0.4, -0.2) is 69.7 Å². The van der Waals surface area contributed by atoms with Gasteiger partial charge in [0.15, 0.2) is 0 Å². The zero-order valence-electron chi connectivity index (χ0n) is 23.6. The first-order chi connectivity index (χ1) is 20.2. The molecule has 5 aromatic rings. The normalized spacial score (nSPS) is 14.6. The van der Waals surface area contributed by atoms with Crippen LogP contribution in [-0.2, 0) is 17.8 Å². The lowest BCUT2D eigenvalue weighted by Crippen LogP contribution is -2.48. The summed E-state index contributed by atoms with van der Waals surface area (Å²) in [6.45, 7) is 6.78. The van der Waals surface area contributed by atoms with E-state index in [1.165, 1.54) is 18.2 Å². The largest absolute Gasteiger partial charge is 0.465 e. The third kappa shape index (κ3) is 5.97. The number of hydrogen-bond donors (Lipinski definition) is 0. The van der Waals surface area contributed by atoms with Crippen molar-refractivity contribution in [2.75, 3.05) is 39.8 Å². The van der Waals surface area contributed by atoms with Crippen LogP contribution in [0, 0.1) is 0 Å². The fourth-order valence-corrected chi connectivity index (χ4v) is 6.20. The van der Waals surface area contributed by atoms with Crippen LogP contribution in [0.2, 0.25) is 0 Å². The number of benzene rings is 3. The van der Waals surface area contributed by atoms with E-state index in [1.54, 1.807) is 6.20 Å². The van der Waals surface area contributed by atoms with Gasteiger partial charge in [0.05, 0.1) is 31.6 Å². The summed E-state index contributed by atoms with van der Waals surface area (Å²) in [7, 11) is 1.44. The van der Waals surface area contributed by atoms with Gasteiger partial charge in [-0.05, 0) is 41.8 Å². The van der Waals surface area contributed by atoms with Crippen LogP contribution in [0.3, 0.4) is 0 Å². The second-order valence-electron chi connectivity index (χ2n) is 10.7. The zero-order chi connectivity index (χ0) is 28.0. The van der Waals surface area contributed by atoms with Crippen LogP contribution in [0.25, 0.3) is 10.9 Å². The molecule has 0 spiro atoms. The molecule has 41 heavy (non-hydrogen) atoms. The Labute approximate surface area is 241 Å². The number of hydrogen-bond acceptors (Lipinski definition) is 5. The molecule has 3 heterocycles. The van der Waals surface area contributed by atoms with Gasteiger partial charge in [0.1, 0.15) is 0 Å². The third-order valence-corrected chi connectivity index (χ3v) is 8.18. The Bertz CT molecular complexity index is 1520. The number of imidazole rings is 1. The number of aryl methyl sites for hydroxylation is 1. The summed E-state index contributed by atoms with van der Waals surface area (Å²) in [5.41, 5.74) is 5.48. The first-order valence-corrected chi connectivity index (χ1v) is 14.4. The highest BCUT2D eigenvalue weighted by molar-refractivity contribution is 6.05. The fourth-order valence-electron chi connectivity index (χ4n) is 6.20. The average molecular weight is 548 g/mol. The van der Waals surface area contributed by atoms with Crippen molar-refractivity contribution in [3.05, 3.63) is 126 Å². The molecule has 2 aromatic heterocycles. The van der Waals surface area contributed by atoms with E-state index >= 15 is 0 Å². The maximum absolute atomic E-state index is 12.6. The zero-order valence-corrected chi connectivity index (χ0v) is 23.6. The Morgan fingerprint density at radius 1 is 0.878 bits per heavy atom. The van der Waals surface area contributed by atoms with Crippen molar-refractivity contribution in [3.8, 4) is 0 Å². The van der Waals surface area contributed by atoms with E-state index in [9.17, 15) is 4.79 Å². The molecule has 3 aromatic carbocycles. The first kappa shape index (κ1) is 27.0. The van der Waals surface area contributed by atoms with Gasteiger partial charge >= 0.3 is 5.97 Å². The van der Waals surface area contributed by atoms with Gasteiger partial charge in [-0.3, -0.25) is 4.90 Å². The van der Waals surface area contributed by atoms with Crippen molar-refractivity contribution in [2.45, 2.75) is 25.6 Å². The lowest BCUT2D eigenvalue weighted by Gasteiger charge is -2.40. The molecule has 6 rings (SSSR count). The molecule has 210 valence electrons. The Hall–Kier alpha value is -4.20. The van der Waals surface area contributed by atoms with Crippen molar-refractivity contribution in [3.63, 3.8) is 0 Å². The van der Waals surface area contributed by atoms with E-state index in [4.69, 9.17) is 4.74 Å². The minimum Gasteiger partial charge on any atom is -0.465 e. The maximum atomic E-state index is 12.6. The summed E-state index contributed by atoms with van der Waals surface area (Å²) >= 11 is 0. The van der Waals surface area contributed by atoms with Gasteiger partial charge in [0.2, 0.25) is 0 Å². The minimum absolute atomic E-state index is 0.281. The molecule has 1 aliphatic rings. The van der Waals surface area contributed by atoms with E-state index in [1.807, 2.05) is 29.2 Å². The molecule has 7 nitrogen and oxygen atoms in total. The predicted molar refractivity (Wildman–Crippen MR) is 162 cm³/mol. The molecule has 0 amide bonds. The van der Waals surface area contributed by atoms with Crippen molar-refractivity contribution in [1.29, 1.82) is 0 Å². The second-order valence-corrected chi connectivity index (χ2v) is 10.7. The molecule has 0 unspecified atom stereocenters. The molecule has 0 bridgehead atoms. The van der Waals surface area contributed by atoms with E-state index < -0.39 is 0 Å². The number of fused-ring (bicyclic) bond motifs is 1. The molecule has 0 radical (unpaired) electrons. The highest BCUT2D eigenvalue weighted by Crippen LogP contribution is 2.30. The summed E-state index contributed by atoms with van der Waals surface area (Å²) < 4.78 is 9.44. The first-order valence-electron chi connectivity index (χ1n) is 14.4. The van der Waals surface area contributed by atoms with Gasteiger partial charge in [0.25, 0.3) is 0 Å². The molecule has 0 atom stereocenters. The summed E-state index contributed by atoms with van der Waals surface area (Å²) in [5.74, 6) is -0.303. The number of carbonyl (C=O) groups excluding carboxylic acids is 1. The SMILES string of the molecule is COC(=O)c1cccc2c1c(Cn1ccnc1)cn2CCCN1CCN(C(c2ccccc2)c2ccccc2)CC1. The van der Waals surface area contributed by atoms with Gasteiger partial charge in [-0.2, -0.15) is 0 Å². The number of rotatable bonds is 10. The highest BCUT2D eigenvalue weighted by atomic mass is 16.5. The molecule has 1 aliphatic heterocycles. The van der Waals surface area contributed by atoms with Crippen LogP contribution >= 0.6 is 0 Å². The highest BCUT2D eigenvalue weighted by Gasteiger charge is 2.26. The van der Waals surface area contributed by atoms with Gasteiger partial charge in [-0.1, -0.05) is 66.7 Å². The maximum Gasteiger partial charge on any atom is 0.338 e. The molecule has 0 saturated carbocycles. The predicted octanol–water partition coefficient (Wildman–Crippen LogP) is 5.47. The second kappa shape index (κ2) is 12.5. The Morgan fingerprint density at radius 3 is 2.22 bits per heavy atom. The van der Waals surface area contributed by atoms with Crippen molar-refractivity contribution in [1.82, 2.24) is 23.9 Å². The number of esters is 1. The number of ether oxygens (including phenoxy) is 1.